The quantitative estimate of drug-likeness (QED) is 0.625. The van der Waals surface area contributed by atoms with Gasteiger partial charge in [-0.25, -0.2) is 4.79 Å². The lowest BCUT2D eigenvalue weighted by molar-refractivity contribution is -0.124. The van der Waals surface area contributed by atoms with Crippen molar-refractivity contribution in [1.29, 1.82) is 0 Å². The van der Waals surface area contributed by atoms with Gasteiger partial charge < -0.3 is 15.2 Å². The highest BCUT2D eigenvalue weighted by Crippen LogP contribution is 2.22. The highest BCUT2D eigenvalue weighted by Gasteiger charge is 2.15. The van der Waals surface area contributed by atoms with Crippen molar-refractivity contribution in [1.82, 2.24) is 5.32 Å². The molecular formula is C18H23NO4. The number of carbonyl (C=O) groups is 2. The Morgan fingerprint density at radius 2 is 2.13 bits per heavy atom. The number of rotatable bonds is 6. The minimum atomic E-state index is -0.698. The molecule has 0 heterocycles. The molecule has 2 N–H and O–H groups in total. The number of aryl methyl sites for hydroxylation is 1. The van der Waals surface area contributed by atoms with Crippen LogP contribution in [0.15, 0.2) is 29.8 Å². The molecule has 5 heteroatoms. The predicted molar refractivity (Wildman–Crippen MR) is 87.3 cm³/mol. The summed E-state index contributed by atoms with van der Waals surface area (Å²) in [4.78, 5) is 23.6. The van der Waals surface area contributed by atoms with Gasteiger partial charge in [-0.2, -0.15) is 0 Å². The first-order chi connectivity index (χ1) is 11.1. The number of phenols is 1. The number of amides is 1. The Kier molecular flexibility index (Phi) is 6.20. The number of phenolic OH excluding ortho intramolecular Hbond substituents is 1. The van der Waals surface area contributed by atoms with Crippen LogP contribution < -0.4 is 5.32 Å². The van der Waals surface area contributed by atoms with Crippen molar-refractivity contribution in [3.05, 3.63) is 41.0 Å². The molecule has 0 unspecified atom stereocenters. The summed E-state index contributed by atoms with van der Waals surface area (Å²) in [5.74, 6) is -1.14. The topological polar surface area (TPSA) is 75.6 Å². The molecule has 124 valence electrons. The highest BCUT2D eigenvalue weighted by atomic mass is 16.5. The second kappa shape index (κ2) is 8.36. The monoisotopic (exact) mass is 317 g/mol. The van der Waals surface area contributed by atoms with Crippen molar-refractivity contribution in [2.75, 3.05) is 13.2 Å². The molecule has 0 aliphatic heterocycles. The number of aromatic hydroxyl groups is 1. The first-order valence-electron chi connectivity index (χ1n) is 7.98. The largest absolute Gasteiger partial charge is 0.507 e. The molecule has 0 atom stereocenters. The number of carbonyl (C=O) groups excluding carboxylic acids is 2. The van der Waals surface area contributed by atoms with Crippen molar-refractivity contribution in [2.45, 2.75) is 39.0 Å². The molecule has 23 heavy (non-hydrogen) atoms. The van der Waals surface area contributed by atoms with Gasteiger partial charge in [-0.15, -0.1) is 0 Å². The van der Waals surface area contributed by atoms with Gasteiger partial charge >= 0.3 is 5.97 Å². The molecule has 1 aromatic rings. The molecular weight excluding hydrogens is 294 g/mol. The van der Waals surface area contributed by atoms with Crippen LogP contribution in [0, 0.1) is 6.92 Å². The van der Waals surface area contributed by atoms with Crippen LogP contribution in [0.1, 0.15) is 48.0 Å². The zero-order valence-electron chi connectivity index (χ0n) is 13.4. The van der Waals surface area contributed by atoms with Crippen LogP contribution in [-0.4, -0.2) is 30.1 Å². The highest BCUT2D eigenvalue weighted by molar-refractivity contribution is 5.94. The maximum absolute atomic E-state index is 11.9. The number of ether oxygens (including phenoxy) is 1. The number of allylic oxidation sites excluding steroid dienone is 1. The van der Waals surface area contributed by atoms with Crippen molar-refractivity contribution < 1.29 is 19.4 Å². The fourth-order valence-electron chi connectivity index (χ4n) is 2.58. The Hall–Kier alpha value is -2.30. The zero-order chi connectivity index (χ0) is 16.7. The van der Waals surface area contributed by atoms with Gasteiger partial charge in [0.05, 0.1) is 0 Å². The summed E-state index contributed by atoms with van der Waals surface area (Å²) in [5.41, 5.74) is 2.05. The lowest BCUT2D eigenvalue weighted by atomic mass is 9.97. The smallest absolute Gasteiger partial charge is 0.342 e. The lowest BCUT2D eigenvalue weighted by Gasteiger charge is -2.13. The summed E-state index contributed by atoms with van der Waals surface area (Å²) in [7, 11) is 0. The molecule has 1 aromatic carbocycles. The zero-order valence-corrected chi connectivity index (χ0v) is 13.4. The minimum absolute atomic E-state index is 0.0742. The molecule has 1 aliphatic rings. The number of nitrogens with one attached hydrogen (secondary N) is 1. The van der Waals surface area contributed by atoms with Gasteiger partial charge in [0.1, 0.15) is 11.3 Å². The predicted octanol–water partition coefficient (Wildman–Crippen LogP) is 2.86. The normalized spacial score (nSPS) is 14.0. The summed E-state index contributed by atoms with van der Waals surface area (Å²) in [5, 5.41) is 12.6. The van der Waals surface area contributed by atoms with E-state index in [4.69, 9.17) is 4.74 Å². The number of hydrogen-bond acceptors (Lipinski definition) is 4. The molecule has 1 amide bonds. The van der Waals surface area contributed by atoms with E-state index in [9.17, 15) is 14.7 Å². The van der Waals surface area contributed by atoms with Gasteiger partial charge in [0, 0.05) is 6.54 Å². The summed E-state index contributed by atoms with van der Waals surface area (Å²) in [6.07, 6.45) is 7.79. The standard InChI is InChI=1S/C18H23NO4/c1-13-6-5-9-15(17(13)21)18(22)23-12-16(20)19-11-10-14-7-3-2-4-8-14/h5-7,9,21H,2-4,8,10-12H2,1H3,(H,19,20). The van der Waals surface area contributed by atoms with Crippen LogP contribution in [0.3, 0.4) is 0 Å². The molecule has 1 aliphatic carbocycles. The third-order valence-corrected chi connectivity index (χ3v) is 3.95. The van der Waals surface area contributed by atoms with E-state index in [1.165, 1.54) is 24.5 Å². The second-order valence-corrected chi connectivity index (χ2v) is 5.76. The van der Waals surface area contributed by atoms with E-state index in [1.807, 2.05) is 0 Å². The van der Waals surface area contributed by atoms with E-state index in [1.54, 1.807) is 19.1 Å². The van der Waals surface area contributed by atoms with Gasteiger partial charge in [0.2, 0.25) is 0 Å². The van der Waals surface area contributed by atoms with Gasteiger partial charge in [-0.3, -0.25) is 4.79 Å². The summed E-state index contributed by atoms with van der Waals surface area (Å²) < 4.78 is 4.94. The molecule has 0 saturated heterocycles. The third-order valence-electron chi connectivity index (χ3n) is 3.95. The van der Waals surface area contributed by atoms with E-state index in [2.05, 4.69) is 11.4 Å². The van der Waals surface area contributed by atoms with Gasteiger partial charge in [0.25, 0.3) is 5.91 Å². The number of hydrogen-bond donors (Lipinski definition) is 2. The number of esters is 1. The Bertz CT molecular complexity index is 607. The third kappa shape index (κ3) is 5.13. The molecule has 0 fully saturated rings. The first kappa shape index (κ1) is 17.1. The lowest BCUT2D eigenvalue weighted by Crippen LogP contribution is -2.29. The molecule has 0 bridgehead atoms. The van der Waals surface area contributed by atoms with Crippen molar-refractivity contribution in [2.24, 2.45) is 0 Å². The SMILES string of the molecule is Cc1cccc(C(=O)OCC(=O)NCCC2=CCCCC2)c1O. The van der Waals surface area contributed by atoms with E-state index in [0.29, 0.717) is 12.1 Å². The molecule has 5 nitrogen and oxygen atoms in total. The second-order valence-electron chi connectivity index (χ2n) is 5.76. The summed E-state index contributed by atoms with van der Waals surface area (Å²) in [6.45, 7) is 1.90. The van der Waals surface area contributed by atoms with E-state index in [-0.39, 0.29) is 23.8 Å². The van der Waals surface area contributed by atoms with Crippen LogP contribution in [0.5, 0.6) is 5.75 Å². The van der Waals surface area contributed by atoms with E-state index < -0.39 is 5.97 Å². The summed E-state index contributed by atoms with van der Waals surface area (Å²) >= 11 is 0. The Balaban J connectivity index is 1.72. The minimum Gasteiger partial charge on any atom is -0.507 e. The van der Waals surface area contributed by atoms with E-state index >= 15 is 0 Å². The average Bonchev–Trinajstić information content (AvgIpc) is 2.56. The Labute approximate surface area is 136 Å². The van der Waals surface area contributed by atoms with Gasteiger partial charge in [-0.1, -0.05) is 23.8 Å². The van der Waals surface area contributed by atoms with Crippen LogP contribution in [-0.2, 0) is 9.53 Å². The van der Waals surface area contributed by atoms with Crippen molar-refractivity contribution in [3.63, 3.8) is 0 Å². The molecule has 0 aromatic heterocycles. The first-order valence-corrected chi connectivity index (χ1v) is 7.98. The van der Waals surface area contributed by atoms with Gasteiger partial charge in [0.15, 0.2) is 6.61 Å². The molecule has 0 spiro atoms. The average molecular weight is 317 g/mol. The summed E-state index contributed by atoms with van der Waals surface area (Å²) in [6, 6.07) is 4.82. The molecule has 2 rings (SSSR count). The van der Waals surface area contributed by atoms with Crippen molar-refractivity contribution >= 4 is 11.9 Å². The van der Waals surface area contributed by atoms with Crippen LogP contribution >= 0.6 is 0 Å². The Morgan fingerprint density at radius 1 is 1.30 bits per heavy atom. The fourth-order valence-corrected chi connectivity index (χ4v) is 2.58. The van der Waals surface area contributed by atoms with Gasteiger partial charge in [-0.05, 0) is 50.7 Å². The van der Waals surface area contributed by atoms with Crippen LogP contribution in [0.2, 0.25) is 0 Å². The molecule has 0 radical (unpaired) electrons. The van der Waals surface area contributed by atoms with E-state index in [0.717, 1.165) is 19.3 Å². The fraction of sp³-hybridized carbons (Fsp3) is 0.444. The maximum atomic E-state index is 11.9. The maximum Gasteiger partial charge on any atom is 0.342 e. The van der Waals surface area contributed by atoms with Crippen LogP contribution in [0.4, 0.5) is 0 Å². The Morgan fingerprint density at radius 3 is 2.87 bits per heavy atom. The molecule has 0 saturated carbocycles. The number of para-hydroxylation sites is 1. The van der Waals surface area contributed by atoms with Crippen molar-refractivity contribution in [3.8, 4) is 5.75 Å². The number of benzene rings is 1. The van der Waals surface area contributed by atoms with Crippen LogP contribution in [0.25, 0.3) is 0 Å².